The van der Waals surface area contributed by atoms with E-state index in [4.69, 9.17) is 9.52 Å². The zero-order valence-corrected chi connectivity index (χ0v) is 5.89. The van der Waals surface area contributed by atoms with Crippen LogP contribution in [0.4, 0.5) is 0 Å². The molecule has 1 N–H and O–H groups in total. The van der Waals surface area contributed by atoms with Crippen LogP contribution in [0.25, 0.3) is 11.1 Å². The topological polar surface area (TPSA) is 76.2 Å². The number of fused-ring (bicyclic) bond motifs is 1. The average molecular weight is 164 g/mol. The summed E-state index contributed by atoms with van der Waals surface area (Å²) in [6.07, 6.45) is 3.87. The van der Waals surface area contributed by atoms with Gasteiger partial charge in [-0.05, 0) is 0 Å². The molecule has 0 unspecified atom stereocenters. The standard InChI is InChI=1S/C7H4N2O3/c10-7(11)4-1-8-2-5-6(4)12-3-9-5/h1-3H,(H,10,11). The van der Waals surface area contributed by atoms with Crippen LogP contribution in [0.1, 0.15) is 10.4 Å². The number of aromatic nitrogens is 2. The molecular weight excluding hydrogens is 160 g/mol. The van der Waals surface area contributed by atoms with Crippen LogP contribution in [-0.2, 0) is 0 Å². The molecule has 2 heterocycles. The van der Waals surface area contributed by atoms with E-state index in [-0.39, 0.29) is 11.1 Å². The Morgan fingerprint density at radius 1 is 1.50 bits per heavy atom. The number of nitrogens with zero attached hydrogens (tertiary/aromatic N) is 2. The lowest BCUT2D eigenvalue weighted by Gasteiger charge is -1.91. The van der Waals surface area contributed by atoms with Gasteiger partial charge in [-0.25, -0.2) is 9.78 Å². The average Bonchev–Trinajstić information content (AvgIpc) is 2.49. The summed E-state index contributed by atoms with van der Waals surface area (Å²) in [5.41, 5.74) is 0.748. The minimum Gasteiger partial charge on any atom is -0.477 e. The molecule has 0 saturated heterocycles. The van der Waals surface area contributed by atoms with E-state index in [0.717, 1.165) is 0 Å². The van der Waals surface area contributed by atoms with Gasteiger partial charge in [0.1, 0.15) is 11.1 Å². The van der Waals surface area contributed by atoms with Crippen molar-refractivity contribution in [3.63, 3.8) is 0 Å². The Balaban J connectivity index is 2.82. The molecule has 0 saturated carbocycles. The summed E-state index contributed by atoms with van der Waals surface area (Å²) < 4.78 is 4.88. The van der Waals surface area contributed by atoms with Gasteiger partial charge in [0.05, 0.1) is 6.20 Å². The third-order valence-corrected chi connectivity index (χ3v) is 1.47. The summed E-state index contributed by atoms with van der Waals surface area (Å²) in [5, 5.41) is 8.67. The second-order valence-corrected chi connectivity index (χ2v) is 2.19. The Morgan fingerprint density at radius 3 is 3.08 bits per heavy atom. The Bertz CT molecular complexity index is 435. The van der Waals surface area contributed by atoms with Crippen molar-refractivity contribution in [3.05, 3.63) is 24.4 Å². The van der Waals surface area contributed by atoms with Gasteiger partial charge in [-0.2, -0.15) is 0 Å². The molecule has 0 aromatic carbocycles. The molecule has 2 aromatic rings. The molecule has 5 nitrogen and oxygen atoms in total. The van der Waals surface area contributed by atoms with Gasteiger partial charge in [0.25, 0.3) is 0 Å². The van der Waals surface area contributed by atoms with Crippen LogP contribution >= 0.6 is 0 Å². The van der Waals surface area contributed by atoms with Crippen LogP contribution in [0.15, 0.2) is 23.2 Å². The zero-order valence-electron chi connectivity index (χ0n) is 5.89. The van der Waals surface area contributed by atoms with Gasteiger partial charge in [0, 0.05) is 6.20 Å². The maximum atomic E-state index is 10.6. The number of pyridine rings is 1. The lowest BCUT2D eigenvalue weighted by Crippen LogP contribution is -1.97. The molecule has 12 heavy (non-hydrogen) atoms. The molecule has 60 valence electrons. The molecule has 5 heteroatoms. The first kappa shape index (κ1) is 6.78. The molecule has 2 rings (SSSR count). The highest BCUT2D eigenvalue weighted by atomic mass is 16.4. The van der Waals surface area contributed by atoms with Crippen molar-refractivity contribution in [3.8, 4) is 0 Å². The van der Waals surface area contributed by atoms with Crippen molar-refractivity contribution in [2.75, 3.05) is 0 Å². The summed E-state index contributed by atoms with van der Waals surface area (Å²) in [5.74, 6) is -1.06. The van der Waals surface area contributed by atoms with E-state index in [0.29, 0.717) is 5.52 Å². The van der Waals surface area contributed by atoms with Crippen LogP contribution in [-0.4, -0.2) is 21.0 Å². The number of carboxylic acid groups (broad SMARTS) is 1. The highest BCUT2D eigenvalue weighted by Gasteiger charge is 2.11. The second-order valence-electron chi connectivity index (χ2n) is 2.19. The van der Waals surface area contributed by atoms with Crippen LogP contribution < -0.4 is 0 Å². The molecule has 0 aliphatic heterocycles. The molecule has 0 aliphatic rings. The van der Waals surface area contributed by atoms with E-state index in [2.05, 4.69) is 9.97 Å². The van der Waals surface area contributed by atoms with E-state index < -0.39 is 5.97 Å². The smallest absolute Gasteiger partial charge is 0.341 e. The molecule has 0 radical (unpaired) electrons. The lowest BCUT2D eigenvalue weighted by atomic mass is 10.2. The minimum atomic E-state index is -1.06. The normalized spacial score (nSPS) is 10.3. The summed E-state index contributed by atoms with van der Waals surface area (Å²) in [6, 6.07) is 0. The maximum Gasteiger partial charge on any atom is 0.341 e. The fraction of sp³-hybridized carbons (Fsp3) is 0. The van der Waals surface area contributed by atoms with Crippen molar-refractivity contribution in [1.29, 1.82) is 0 Å². The maximum absolute atomic E-state index is 10.6. The molecule has 0 atom stereocenters. The predicted octanol–water partition coefficient (Wildman–Crippen LogP) is 0.921. The molecule has 0 fully saturated rings. The van der Waals surface area contributed by atoms with Crippen LogP contribution in [0.5, 0.6) is 0 Å². The third kappa shape index (κ3) is 0.833. The number of rotatable bonds is 1. The summed E-state index contributed by atoms with van der Waals surface area (Å²) in [4.78, 5) is 18.1. The van der Waals surface area contributed by atoms with Crippen LogP contribution in [0, 0.1) is 0 Å². The van der Waals surface area contributed by atoms with Gasteiger partial charge in [-0.3, -0.25) is 4.98 Å². The first-order chi connectivity index (χ1) is 5.79. The summed E-state index contributed by atoms with van der Waals surface area (Å²) in [6.45, 7) is 0. The Kier molecular flexibility index (Phi) is 1.30. The summed E-state index contributed by atoms with van der Waals surface area (Å²) >= 11 is 0. The van der Waals surface area contributed by atoms with Crippen molar-refractivity contribution in [2.24, 2.45) is 0 Å². The Labute approximate surface area is 66.7 Å². The van der Waals surface area contributed by atoms with Crippen molar-refractivity contribution >= 4 is 17.1 Å². The van der Waals surface area contributed by atoms with E-state index >= 15 is 0 Å². The monoisotopic (exact) mass is 164 g/mol. The fourth-order valence-electron chi connectivity index (χ4n) is 0.942. The predicted molar refractivity (Wildman–Crippen MR) is 38.8 cm³/mol. The Morgan fingerprint density at radius 2 is 2.33 bits per heavy atom. The van der Waals surface area contributed by atoms with Gasteiger partial charge < -0.3 is 9.52 Å². The van der Waals surface area contributed by atoms with Crippen LogP contribution in [0.2, 0.25) is 0 Å². The first-order valence-corrected chi connectivity index (χ1v) is 3.19. The largest absolute Gasteiger partial charge is 0.477 e. The number of carboxylic acids is 1. The number of oxazole rings is 1. The Hall–Kier alpha value is -1.91. The van der Waals surface area contributed by atoms with Crippen molar-refractivity contribution in [2.45, 2.75) is 0 Å². The highest BCUT2D eigenvalue weighted by Crippen LogP contribution is 2.15. The lowest BCUT2D eigenvalue weighted by molar-refractivity contribution is 0.0697. The number of aromatic carboxylic acids is 1. The van der Waals surface area contributed by atoms with Gasteiger partial charge in [0.15, 0.2) is 12.0 Å². The fourth-order valence-corrected chi connectivity index (χ4v) is 0.942. The molecular formula is C7H4N2O3. The van der Waals surface area contributed by atoms with Crippen molar-refractivity contribution in [1.82, 2.24) is 9.97 Å². The number of carbonyl (C=O) groups is 1. The van der Waals surface area contributed by atoms with Gasteiger partial charge >= 0.3 is 5.97 Å². The van der Waals surface area contributed by atoms with Crippen molar-refractivity contribution < 1.29 is 14.3 Å². The second kappa shape index (κ2) is 2.30. The molecule has 0 bridgehead atoms. The van der Waals surface area contributed by atoms with E-state index in [1.54, 1.807) is 0 Å². The molecule has 0 amide bonds. The third-order valence-electron chi connectivity index (χ3n) is 1.47. The summed E-state index contributed by atoms with van der Waals surface area (Å²) in [7, 11) is 0. The SMILES string of the molecule is O=C(O)c1cncc2ncoc12. The van der Waals surface area contributed by atoms with E-state index in [1.807, 2.05) is 0 Å². The number of hydrogen-bond acceptors (Lipinski definition) is 4. The number of hydrogen-bond donors (Lipinski definition) is 1. The molecule has 0 spiro atoms. The first-order valence-electron chi connectivity index (χ1n) is 3.19. The quantitative estimate of drug-likeness (QED) is 0.678. The van der Waals surface area contributed by atoms with Gasteiger partial charge in [-0.1, -0.05) is 0 Å². The van der Waals surface area contributed by atoms with E-state index in [1.165, 1.54) is 18.8 Å². The molecule has 2 aromatic heterocycles. The van der Waals surface area contributed by atoms with Gasteiger partial charge in [0.2, 0.25) is 0 Å². The van der Waals surface area contributed by atoms with Gasteiger partial charge in [-0.15, -0.1) is 0 Å². The zero-order chi connectivity index (χ0) is 8.55. The van der Waals surface area contributed by atoms with Crippen LogP contribution in [0.3, 0.4) is 0 Å². The molecule has 0 aliphatic carbocycles. The van der Waals surface area contributed by atoms with E-state index in [9.17, 15) is 4.79 Å². The minimum absolute atomic E-state index is 0.0324. The highest BCUT2D eigenvalue weighted by molar-refractivity contribution is 5.99.